The third kappa shape index (κ3) is 0.816. The maximum atomic E-state index is 10.5. The van der Waals surface area contributed by atoms with E-state index in [0.717, 1.165) is 6.42 Å². The van der Waals surface area contributed by atoms with Gasteiger partial charge in [-0.15, -0.1) is 0 Å². The first-order chi connectivity index (χ1) is 3.75. The van der Waals surface area contributed by atoms with Crippen LogP contribution in [0.15, 0.2) is 0 Å². The van der Waals surface area contributed by atoms with Crippen LogP contribution in [0.25, 0.3) is 0 Å². The summed E-state index contributed by atoms with van der Waals surface area (Å²) in [6.07, 6.45) is 0.798. The van der Waals surface area contributed by atoms with Gasteiger partial charge in [-0.25, -0.2) is 0 Å². The lowest BCUT2D eigenvalue weighted by Gasteiger charge is -1.91. The molecule has 2 atom stereocenters. The van der Waals surface area contributed by atoms with E-state index in [1.807, 2.05) is 0 Å². The number of hydrogen-bond acceptors (Lipinski definition) is 3. The van der Waals surface area contributed by atoms with Gasteiger partial charge in [0.05, 0.1) is 13.0 Å². The van der Waals surface area contributed by atoms with E-state index < -0.39 is 0 Å². The highest BCUT2D eigenvalue weighted by molar-refractivity contribution is 5.76. The van der Waals surface area contributed by atoms with Crippen LogP contribution in [0.2, 0.25) is 0 Å². The minimum absolute atomic E-state index is 0.000000000000000222. The summed E-state index contributed by atoms with van der Waals surface area (Å²) in [5.41, 5.74) is 5.34. The molecule has 0 saturated heterocycles. The standard InChI is InChI=1S/C5H9NO2/c1-8-5(7)3-2-4(3)6/h3-4H,2,6H2,1H3/t3-,4+/m1/s1. The van der Waals surface area contributed by atoms with Gasteiger partial charge in [0.25, 0.3) is 0 Å². The van der Waals surface area contributed by atoms with Crippen molar-refractivity contribution in [3.63, 3.8) is 0 Å². The van der Waals surface area contributed by atoms with Crippen LogP contribution in [0.4, 0.5) is 0 Å². The third-order valence-corrected chi connectivity index (χ3v) is 1.34. The monoisotopic (exact) mass is 115 g/mol. The highest BCUT2D eigenvalue weighted by Crippen LogP contribution is 2.28. The topological polar surface area (TPSA) is 52.3 Å². The lowest BCUT2D eigenvalue weighted by Crippen LogP contribution is -2.11. The molecule has 1 saturated carbocycles. The summed E-state index contributed by atoms with van der Waals surface area (Å²) in [4.78, 5) is 10.5. The van der Waals surface area contributed by atoms with E-state index in [-0.39, 0.29) is 17.9 Å². The van der Waals surface area contributed by atoms with Crippen molar-refractivity contribution >= 4 is 5.97 Å². The van der Waals surface area contributed by atoms with Crippen LogP contribution in [0, 0.1) is 5.92 Å². The SMILES string of the molecule is COC(=O)[C@@H]1C[C@@H]1N. The summed E-state index contributed by atoms with van der Waals surface area (Å²) in [7, 11) is 1.38. The smallest absolute Gasteiger partial charge is 0.310 e. The predicted molar refractivity (Wildman–Crippen MR) is 28.1 cm³/mol. The number of carbonyl (C=O) groups is 1. The average molecular weight is 115 g/mol. The number of esters is 1. The molecule has 8 heavy (non-hydrogen) atoms. The zero-order valence-corrected chi connectivity index (χ0v) is 4.76. The fraction of sp³-hybridized carbons (Fsp3) is 0.800. The molecule has 0 radical (unpaired) electrons. The molecule has 1 aliphatic carbocycles. The van der Waals surface area contributed by atoms with Crippen LogP contribution < -0.4 is 5.73 Å². The van der Waals surface area contributed by atoms with Gasteiger partial charge in [-0.3, -0.25) is 4.79 Å². The lowest BCUT2D eigenvalue weighted by atomic mass is 10.4. The molecule has 1 aliphatic rings. The zero-order chi connectivity index (χ0) is 6.15. The molecule has 0 bridgehead atoms. The minimum atomic E-state index is -0.169. The van der Waals surface area contributed by atoms with E-state index in [9.17, 15) is 4.79 Å². The fourth-order valence-corrected chi connectivity index (χ4v) is 0.637. The Hall–Kier alpha value is -0.570. The van der Waals surface area contributed by atoms with Gasteiger partial charge in [-0.1, -0.05) is 0 Å². The third-order valence-electron chi connectivity index (χ3n) is 1.34. The van der Waals surface area contributed by atoms with Crippen molar-refractivity contribution in [3.05, 3.63) is 0 Å². The normalized spacial score (nSPS) is 34.2. The molecular formula is C5H9NO2. The van der Waals surface area contributed by atoms with Crippen molar-refractivity contribution in [3.8, 4) is 0 Å². The number of methoxy groups -OCH3 is 1. The lowest BCUT2D eigenvalue weighted by molar-refractivity contribution is -0.142. The number of nitrogens with two attached hydrogens (primary N) is 1. The molecule has 0 spiro atoms. The Morgan fingerprint density at radius 1 is 1.88 bits per heavy atom. The summed E-state index contributed by atoms with van der Waals surface area (Å²) < 4.78 is 4.43. The molecule has 1 rings (SSSR count). The van der Waals surface area contributed by atoms with Gasteiger partial charge in [-0.2, -0.15) is 0 Å². The Kier molecular flexibility index (Phi) is 1.21. The maximum Gasteiger partial charge on any atom is 0.310 e. The van der Waals surface area contributed by atoms with E-state index >= 15 is 0 Å². The van der Waals surface area contributed by atoms with Crippen LogP contribution in [0.3, 0.4) is 0 Å². The summed E-state index contributed by atoms with van der Waals surface area (Å²) in [5.74, 6) is -0.169. The van der Waals surface area contributed by atoms with Crippen molar-refractivity contribution in [2.24, 2.45) is 11.7 Å². The second kappa shape index (κ2) is 1.74. The second-order valence-corrected chi connectivity index (χ2v) is 2.03. The van der Waals surface area contributed by atoms with Gasteiger partial charge < -0.3 is 10.5 Å². The highest BCUT2D eigenvalue weighted by Gasteiger charge is 2.40. The van der Waals surface area contributed by atoms with Crippen molar-refractivity contribution in [1.82, 2.24) is 0 Å². The number of rotatable bonds is 1. The minimum Gasteiger partial charge on any atom is -0.469 e. The van der Waals surface area contributed by atoms with Crippen LogP contribution >= 0.6 is 0 Å². The Bertz CT molecular complexity index is 113. The molecule has 0 aromatic rings. The fourth-order valence-electron chi connectivity index (χ4n) is 0.637. The number of ether oxygens (including phenoxy) is 1. The van der Waals surface area contributed by atoms with Crippen molar-refractivity contribution in [2.45, 2.75) is 12.5 Å². The van der Waals surface area contributed by atoms with E-state index in [0.29, 0.717) is 0 Å². The Morgan fingerprint density at radius 3 is 2.50 bits per heavy atom. The largest absolute Gasteiger partial charge is 0.469 e. The predicted octanol–water partition coefficient (Wildman–Crippen LogP) is -0.493. The van der Waals surface area contributed by atoms with Gasteiger partial charge in [0.1, 0.15) is 0 Å². The molecule has 1 fully saturated rings. The van der Waals surface area contributed by atoms with Gasteiger partial charge in [-0.05, 0) is 6.42 Å². The van der Waals surface area contributed by atoms with Gasteiger partial charge >= 0.3 is 5.97 Å². The maximum absolute atomic E-state index is 10.5. The summed E-state index contributed by atoms with van der Waals surface area (Å²) >= 11 is 0. The van der Waals surface area contributed by atoms with Crippen molar-refractivity contribution in [1.29, 1.82) is 0 Å². The Labute approximate surface area is 47.8 Å². The van der Waals surface area contributed by atoms with Gasteiger partial charge in [0.2, 0.25) is 0 Å². The first-order valence-electron chi connectivity index (χ1n) is 2.59. The molecule has 0 amide bonds. The summed E-state index contributed by atoms with van der Waals surface area (Å²) in [6.45, 7) is 0. The van der Waals surface area contributed by atoms with Crippen LogP contribution in [0.1, 0.15) is 6.42 Å². The molecule has 46 valence electrons. The second-order valence-electron chi connectivity index (χ2n) is 2.03. The first-order valence-corrected chi connectivity index (χ1v) is 2.59. The molecule has 0 heterocycles. The molecule has 3 nitrogen and oxygen atoms in total. The molecule has 0 aliphatic heterocycles. The first kappa shape index (κ1) is 5.56. The molecule has 0 aromatic carbocycles. The van der Waals surface area contributed by atoms with Crippen LogP contribution in [-0.4, -0.2) is 19.1 Å². The molecule has 0 aromatic heterocycles. The van der Waals surface area contributed by atoms with Crippen LogP contribution in [0.5, 0.6) is 0 Å². The number of hydrogen-bond donors (Lipinski definition) is 1. The van der Waals surface area contributed by atoms with E-state index in [1.165, 1.54) is 7.11 Å². The van der Waals surface area contributed by atoms with Crippen LogP contribution in [-0.2, 0) is 9.53 Å². The summed E-state index contributed by atoms with van der Waals surface area (Å²) in [5, 5.41) is 0. The zero-order valence-electron chi connectivity index (χ0n) is 4.76. The molecule has 2 N–H and O–H groups in total. The Balaban J connectivity index is 2.28. The molecule has 3 heteroatoms. The molecule has 0 unspecified atom stereocenters. The van der Waals surface area contributed by atoms with E-state index in [4.69, 9.17) is 5.73 Å². The van der Waals surface area contributed by atoms with Crippen molar-refractivity contribution < 1.29 is 9.53 Å². The van der Waals surface area contributed by atoms with E-state index in [1.54, 1.807) is 0 Å². The van der Waals surface area contributed by atoms with Gasteiger partial charge in [0, 0.05) is 6.04 Å². The van der Waals surface area contributed by atoms with Crippen molar-refractivity contribution in [2.75, 3.05) is 7.11 Å². The summed E-state index contributed by atoms with van der Waals surface area (Å²) in [6, 6.07) is 0.0717. The van der Waals surface area contributed by atoms with Gasteiger partial charge in [0.15, 0.2) is 0 Å². The highest BCUT2D eigenvalue weighted by atomic mass is 16.5. The van der Waals surface area contributed by atoms with E-state index in [2.05, 4.69) is 4.74 Å². The quantitative estimate of drug-likeness (QED) is 0.469. The number of carbonyl (C=O) groups excluding carboxylic acids is 1. The Morgan fingerprint density at radius 2 is 2.38 bits per heavy atom. The average Bonchev–Trinajstić information content (AvgIpc) is 2.45. The molecular weight excluding hydrogens is 106 g/mol.